The Balaban J connectivity index is 1.67. The Labute approximate surface area is 102 Å². The van der Waals surface area contributed by atoms with Crippen molar-refractivity contribution in [1.29, 1.82) is 0 Å². The maximum atomic E-state index is 11.5. The second kappa shape index (κ2) is 5.49. The number of amides is 1. The monoisotopic (exact) mass is 239 g/mol. The summed E-state index contributed by atoms with van der Waals surface area (Å²) in [6.45, 7) is 4.64. The zero-order valence-corrected chi connectivity index (χ0v) is 10.4. The molecule has 2 aliphatic rings. The predicted molar refractivity (Wildman–Crippen MR) is 65.2 cm³/mol. The number of piperidine rings is 1. The van der Waals surface area contributed by atoms with Gasteiger partial charge in [-0.25, -0.2) is 0 Å². The molecule has 1 unspecified atom stereocenters. The topological polar surface area (TPSA) is 64.9 Å². The van der Waals surface area contributed by atoms with Crippen LogP contribution in [0.5, 0.6) is 0 Å². The molecule has 96 valence electrons. The van der Waals surface area contributed by atoms with Gasteiger partial charge >= 0.3 is 0 Å². The highest BCUT2D eigenvalue weighted by atomic mass is 16.4. The van der Waals surface area contributed by atoms with Gasteiger partial charge in [0.1, 0.15) is 0 Å². The van der Waals surface area contributed by atoms with Crippen molar-refractivity contribution in [1.82, 2.24) is 10.2 Å². The summed E-state index contributed by atoms with van der Waals surface area (Å²) >= 11 is 0. The second-order valence-electron chi connectivity index (χ2n) is 5.13. The lowest BCUT2D eigenvalue weighted by atomic mass is 9.97. The molecule has 5 heteroatoms. The molecule has 0 aromatic rings. The quantitative estimate of drug-likeness (QED) is 0.564. The van der Waals surface area contributed by atoms with E-state index in [1.807, 2.05) is 0 Å². The highest BCUT2D eigenvalue weighted by Gasteiger charge is 2.25. The zero-order valence-electron chi connectivity index (χ0n) is 10.4. The van der Waals surface area contributed by atoms with Crippen molar-refractivity contribution in [2.75, 3.05) is 19.6 Å². The summed E-state index contributed by atoms with van der Waals surface area (Å²) in [6.07, 6.45) is 3.67. The van der Waals surface area contributed by atoms with Gasteiger partial charge in [0.15, 0.2) is 0 Å². The largest absolute Gasteiger partial charge is 0.411 e. The molecule has 1 aliphatic carbocycles. The van der Waals surface area contributed by atoms with E-state index in [-0.39, 0.29) is 5.91 Å². The van der Waals surface area contributed by atoms with Crippen LogP contribution in [0.1, 0.15) is 32.6 Å². The number of hydrogen-bond donors (Lipinski definition) is 2. The van der Waals surface area contributed by atoms with Crippen LogP contribution in [-0.2, 0) is 4.79 Å². The summed E-state index contributed by atoms with van der Waals surface area (Å²) in [7, 11) is 0. The Kier molecular flexibility index (Phi) is 3.99. The van der Waals surface area contributed by atoms with Gasteiger partial charge in [-0.2, -0.15) is 0 Å². The number of rotatable bonds is 4. The lowest BCUT2D eigenvalue weighted by Gasteiger charge is -2.31. The number of nitrogens with zero attached hydrogens (tertiary/aromatic N) is 2. The van der Waals surface area contributed by atoms with Crippen molar-refractivity contribution in [3.8, 4) is 0 Å². The molecule has 1 aliphatic heterocycles. The Bertz CT molecular complexity index is 313. The summed E-state index contributed by atoms with van der Waals surface area (Å²) in [6, 6.07) is 0.455. The maximum absolute atomic E-state index is 11.5. The van der Waals surface area contributed by atoms with Gasteiger partial charge in [0, 0.05) is 44.4 Å². The van der Waals surface area contributed by atoms with E-state index in [0.29, 0.717) is 18.4 Å². The van der Waals surface area contributed by atoms with Crippen LogP contribution in [-0.4, -0.2) is 47.4 Å². The normalized spacial score (nSPS) is 28.3. The van der Waals surface area contributed by atoms with Crippen LogP contribution in [0.25, 0.3) is 0 Å². The third-order valence-electron chi connectivity index (χ3n) is 3.51. The van der Waals surface area contributed by atoms with E-state index in [1.165, 1.54) is 0 Å². The fourth-order valence-electron chi connectivity index (χ4n) is 2.24. The molecule has 2 rings (SSSR count). The molecule has 0 aromatic carbocycles. The molecular formula is C12H21N3O2. The molecule has 17 heavy (non-hydrogen) atoms. The fourth-order valence-corrected chi connectivity index (χ4v) is 2.24. The standard InChI is InChI=1S/C12H21N3O2/c1-9-8-15(6-4-11(9)14-17)7-5-12(16)13-10-2-3-10/h9-10,17H,2-8H2,1H3,(H,13,16). The van der Waals surface area contributed by atoms with Crippen LogP contribution in [0.3, 0.4) is 0 Å². The van der Waals surface area contributed by atoms with Gasteiger partial charge in [-0.3, -0.25) is 4.79 Å². The molecule has 1 heterocycles. The average molecular weight is 239 g/mol. The smallest absolute Gasteiger partial charge is 0.221 e. The van der Waals surface area contributed by atoms with E-state index >= 15 is 0 Å². The molecule has 1 atom stereocenters. The molecule has 0 bridgehead atoms. The molecule has 0 spiro atoms. The van der Waals surface area contributed by atoms with Gasteiger partial charge in [0.25, 0.3) is 0 Å². The van der Waals surface area contributed by atoms with E-state index < -0.39 is 0 Å². The van der Waals surface area contributed by atoms with E-state index in [4.69, 9.17) is 5.21 Å². The van der Waals surface area contributed by atoms with E-state index in [0.717, 1.165) is 44.6 Å². The average Bonchev–Trinajstić information content (AvgIpc) is 3.10. The van der Waals surface area contributed by atoms with Crippen molar-refractivity contribution in [2.45, 2.75) is 38.6 Å². The molecule has 1 saturated heterocycles. The minimum atomic E-state index is 0.168. The van der Waals surface area contributed by atoms with Crippen LogP contribution in [0.2, 0.25) is 0 Å². The fraction of sp³-hybridized carbons (Fsp3) is 0.833. The molecule has 1 amide bonds. The van der Waals surface area contributed by atoms with Crippen molar-refractivity contribution in [3.05, 3.63) is 0 Å². The summed E-state index contributed by atoms with van der Waals surface area (Å²) in [4.78, 5) is 13.8. The number of nitrogens with one attached hydrogen (secondary N) is 1. The predicted octanol–water partition coefficient (Wildman–Crippen LogP) is 0.827. The zero-order chi connectivity index (χ0) is 12.3. The molecule has 2 N–H and O–H groups in total. The van der Waals surface area contributed by atoms with Crippen LogP contribution in [0.15, 0.2) is 5.16 Å². The molecule has 0 aromatic heterocycles. The molecule has 5 nitrogen and oxygen atoms in total. The SMILES string of the molecule is CC1CN(CCC(=O)NC2CC2)CCC1=NO. The van der Waals surface area contributed by atoms with E-state index in [9.17, 15) is 4.79 Å². The number of oxime groups is 1. The van der Waals surface area contributed by atoms with Crippen LogP contribution in [0.4, 0.5) is 0 Å². The van der Waals surface area contributed by atoms with Gasteiger partial charge in [-0.1, -0.05) is 12.1 Å². The van der Waals surface area contributed by atoms with Crippen molar-refractivity contribution >= 4 is 11.6 Å². The molecular weight excluding hydrogens is 218 g/mol. The second-order valence-corrected chi connectivity index (χ2v) is 5.13. The third-order valence-corrected chi connectivity index (χ3v) is 3.51. The summed E-state index contributed by atoms with van der Waals surface area (Å²) in [5.74, 6) is 0.460. The number of likely N-dealkylation sites (tertiary alicyclic amines) is 1. The van der Waals surface area contributed by atoms with Gasteiger partial charge in [0.05, 0.1) is 5.71 Å². The van der Waals surface area contributed by atoms with Crippen LogP contribution >= 0.6 is 0 Å². The Morgan fingerprint density at radius 3 is 2.94 bits per heavy atom. The molecule has 2 fully saturated rings. The minimum absolute atomic E-state index is 0.168. The first-order valence-electron chi connectivity index (χ1n) is 6.41. The number of hydrogen-bond acceptors (Lipinski definition) is 4. The third kappa shape index (κ3) is 3.70. The van der Waals surface area contributed by atoms with Crippen molar-refractivity contribution in [3.63, 3.8) is 0 Å². The van der Waals surface area contributed by atoms with Gasteiger partial charge in [-0.15, -0.1) is 0 Å². The van der Waals surface area contributed by atoms with E-state index in [2.05, 4.69) is 22.3 Å². The van der Waals surface area contributed by atoms with Crippen LogP contribution in [0, 0.1) is 5.92 Å². The Morgan fingerprint density at radius 2 is 2.35 bits per heavy atom. The van der Waals surface area contributed by atoms with Gasteiger partial charge < -0.3 is 15.4 Å². The molecule has 0 radical (unpaired) electrons. The highest BCUT2D eigenvalue weighted by molar-refractivity contribution is 5.87. The van der Waals surface area contributed by atoms with Crippen molar-refractivity contribution in [2.24, 2.45) is 11.1 Å². The Morgan fingerprint density at radius 1 is 1.59 bits per heavy atom. The maximum Gasteiger partial charge on any atom is 0.221 e. The van der Waals surface area contributed by atoms with Gasteiger partial charge in [-0.05, 0) is 12.8 Å². The first-order valence-corrected chi connectivity index (χ1v) is 6.41. The van der Waals surface area contributed by atoms with E-state index in [1.54, 1.807) is 0 Å². The minimum Gasteiger partial charge on any atom is -0.411 e. The van der Waals surface area contributed by atoms with Crippen molar-refractivity contribution < 1.29 is 10.0 Å². The highest BCUT2D eigenvalue weighted by Crippen LogP contribution is 2.19. The first-order chi connectivity index (χ1) is 8.19. The summed E-state index contributed by atoms with van der Waals surface area (Å²) < 4.78 is 0. The molecule has 1 saturated carbocycles. The number of carbonyl (C=O) groups excluding carboxylic acids is 1. The van der Waals surface area contributed by atoms with Crippen LogP contribution < -0.4 is 5.32 Å². The Hall–Kier alpha value is -1.10. The summed E-state index contributed by atoms with van der Waals surface area (Å²) in [5, 5.41) is 15.1. The van der Waals surface area contributed by atoms with Gasteiger partial charge in [0.2, 0.25) is 5.91 Å². The summed E-state index contributed by atoms with van der Waals surface area (Å²) in [5.41, 5.74) is 0.878. The lowest BCUT2D eigenvalue weighted by Crippen LogP contribution is -2.41. The first kappa shape index (κ1) is 12.4. The number of carbonyl (C=O) groups is 1. The lowest BCUT2D eigenvalue weighted by molar-refractivity contribution is -0.121.